The van der Waals surface area contributed by atoms with Gasteiger partial charge in [-0.15, -0.1) is 0 Å². The molecule has 0 unspecified atom stereocenters. The number of carbonyl (C=O) groups excluding carboxylic acids is 3. The molecule has 1 N–H and O–H groups in total. The van der Waals surface area contributed by atoms with Gasteiger partial charge in [-0.05, 0) is 13.3 Å². The highest BCUT2D eigenvalue weighted by Gasteiger charge is 2.18. The fourth-order valence-electron chi connectivity index (χ4n) is 1.47. The minimum atomic E-state index is -3.92. The van der Waals surface area contributed by atoms with Gasteiger partial charge in [-0.2, -0.15) is 5.26 Å². The summed E-state index contributed by atoms with van der Waals surface area (Å²) in [6.45, 7) is 4.34. The Morgan fingerprint density at radius 1 is 1.04 bits per heavy atom. The summed E-state index contributed by atoms with van der Waals surface area (Å²) in [5.41, 5.74) is 0.217. The number of nitriles is 1. The van der Waals surface area contributed by atoms with Crippen LogP contribution >= 0.6 is 0 Å². The first-order chi connectivity index (χ1) is 12.6. The monoisotopic (exact) mass is 400 g/mol. The maximum atomic E-state index is 11.6. The molecule has 0 atom stereocenters. The van der Waals surface area contributed by atoms with Gasteiger partial charge in [-0.3, -0.25) is 15.0 Å². The van der Waals surface area contributed by atoms with Crippen LogP contribution in [0.25, 0.3) is 0 Å². The third-order valence-electron chi connectivity index (χ3n) is 2.81. The van der Waals surface area contributed by atoms with Crippen molar-refractivity contribution < 1.29 is 37.0 Å². The van der Waals surface area contributed by atoms with Crippen molar-refractivity contribution >= 4 is 33.6 Å². The first-order valence-electron chi connectivity index (χ1n) is 7.70. The lowest BCUT2D eigenvalue weighted by Crippen LogP contribution is -2.16. The largest absolute Gasteiger partial charge is 0.466 e. The van der Waals surface area contributed by atoms with Crippen molar-refractivity contribution in [1.29, 1.82) is 10.7 Å². The number of hydrogen-bond donors (Lipinski definition) is 1. The SMILES string of the molecule is C=C(C)C(=O)OCCOC(=O)CCC(=O)OCCCS(=O)(=O)C(=C=N)C#N. The molecule has 27 heavy (non-hydrogen) atoms. The summed E-state index contributed by atoms with van der Waals surface area (Å²) in [5.74, 6) is -0.947. The average Bonchev–Trinajstić information content (AvgIpc) is 2.61. The zero-order valence-electron chi connectivity index (χ0n) is 14.8. The Balaban J connectivity index is 3.93. The fourth-order valence-corrected chi connectivity index (χ4v) is 2.47. The second kappa shape index (κ2) is 12.4. The quantitative estimate of drug-likeness (QED) is 0.122. The van der Waals surface area contributed by atoms with E-state index in [4.69, 9.17) is 24.9 Å². The first-order valence-corrected chi connectivity index (χ1v) is 9.35. The Labute approximate surface area is 156 Å². The molecule has 0 aliphatic carbocycles. The summed E-state index contributed by atoms with van der Waals surface area (Å²) in [7, 11) is -3.92. The number of carbonyl (C=O) groups is 3. The highest BCUT2D eigenvalue weighted by atomic mass is 32.2. The maximum Gasteiger partial charge on any atom is 0.333 e. The van der Waals surface area contributed by atoms with Gasteiger partial charge in [0.15, 0.2) is 9.84 Å². The molecule has 10 nitrogen and oxygen atoms in total. The number of allylic oxidation sites excluding steroid dienone is 1. The summed E-state index contributed by atoms with van der Waals surface area (Å²) < 4.78 is 37.4. The zero-order valence-corrected chi connectivity index (χ0v) is 15.6. The summed E-state index contributed by atoms with van der Waals surface area (Å²) in [5, 5.41) is 15.3. The van der Waals surface area contributed by atoms with Gasteiger partial charge >= 0.3 is 17.9 Å². The molecule has 0 saturated carbocycles. The fraction of sp³-hybridized carbons (Fsp3) is 0.500. The Bertz CT molecular complexity index is 773. The van der Waals surface area contributed by atoms with Gasteiger partial charge in [0.25, 0.3) is 0 Å². The highest BCUT2D eigenvalue weighted by Crippen LogP contribution is 2.05. The average molecular weight is 400 g/mol. The number of nitrogens with one attached hydrogen (secondary N) is 1. The normalized spacial score (nSPS) is 10.1. The van der Waals surface area contributed by atoms with Gasteiger partial charge in [0.1, 0.15) is 19.3 Å². The number of ether oxygens (including phenoxy) is 3. The van der Waals surface area contributed by atoms with E-state index in [9.17, 15) is 22.8 Å². The van der Waals surface area contributed by atoms with Crippen LogP contribution in [0.5, 0.6) is 0 Å². The molecule has 0 radical (unpaired) electrons. The third-order valence-corrected chi connectivity index (χ3v) is 4.45. The van der Waals surface area contributed by atoms with Gasteiger partial charge in [-0.1, -0.05) is 6.58 Å². The molecule has 0 rings (SSSR count). The third kappa shape index (κ3) is 10.6. The van der Waals surface area contributed by atoms with E-state index in [0.29, 0.717) is 0 Å². The lowest BCUT2D eigenvalue weighted by molar-refractivity contribution is -0.153. The van der Waals surface area contributed by atoms with Crippen molar-refractivity contribution in [3.8, 4) is 6.07 Å². The topological polar surface area (TPSA) is 161 Å². The van der Waals surface area contributed by atoms with Crippen LogP contribution in [0.4, 0.5) is 0 Å². The van der Waals surface area contributed by atoms with Gasteiger partial charge in [-0.25, -0.2) is 13.2 Å². The van der Waals surface area contributed by atoms with Crippen LogP contribution < -0.4 is 0 Å². The van der Waals surface area contributed by atoms with Crippen LogP contribution in [0.3, 0.4) is 0 Å². The van der Waals surface area contributed by atoms with E-state index >= 15 is 0 Å². The van der Waals surface area contributed by atoms with E-state index in [0.717, 1.165) is 0 Å². The lowest BCUT2D eigenvalue weighted by atomic mass is 10.3. The van der Waals surface area contributed by atoms with E-state index in [1.807, 2.05) is 0 Å². The van der Waals surface area contributed by atoms with Crippen molar-refractivity contribution in [3.63, 3.8) is 0 Å². The number of hydrogen-bond acceptors (Lipinski definition) is 10. The molecule has 0 heterocycles. The van der Waals surface area contributed by atoms with Crippen molar-refractivity contribution in [2.45, 2.75) is 26.2 Å². The van der Waals surface area contributed by atoms with Crippen molar-refractivity contribution in [2.75, 3.05) is 25.6 Å². The summed E-state index contributed by atoms with van der Waals surface area (Å²) in [6.07, 6.45) is -0.582. The number of nitrogens with zero attached hydrogens (tertiary/aromatic N) is 1. The minimum absolute atomic E-state index is 0.0700. The van der Waals surface area contributed by atoms with Crippen LogP contribution in [0.15, 0.2) is 17.1 Å². The predicted octanol–water partition coefficient (Wildman–Crippen LogP) is 0.433. The number of rotatable bonds is 12. The molecule has 0 fully saturated rings. The molecule has 0 bridgehead atoms. The van der Waals surface area contributed by atoms with Crippen LogP contribution in [0, 0.1) is 16.7 Å². The number of esters is 3. The molecular weight excluding hydrogens is 380 g/mol. The Hall–Kier alpha value is -2.96. The molecule has 0 aliphatic heterocycles. The molecule has 148 valence electrons. The van der Waals surface area contributed by atoms with Crippen molar-refractivity contribution in [2.24, 2.45) is 0 Å². The maximum absolute atomic E-state index is 11.6. The Morgan fingerprint density at radius 2 is 1.56 bits per heavy atom. The van der Waals surface area contributed by atoms with Crippen LogP contribution in [-0.4, -0.2) is 57.8 Å². The minimum Gasteiger partial charge on any atom is -0.466 e. The molecule has 0 spiro atoms. The predicted molar refractivity (Wildman–Crippen MR) is 92.2 cm³/mol. The molecule has 0 amide bonds. The van der Waals surface area contributed by atoms with Crippen molar-refractivity contribution in [1.82, 2.24) is 0 Å². The van der Waals surface area contributed by atoms with E-state index in [-0.39, 0.29) is 44.7 Å². The van der Waals surface area contributed by atoms with Gasteiger partial charge in [0.05, 0.1) is 25.2 Å². The molecule has 11 heteroatoms. The van der Waals surface area contributed by atoms with Gasteiger partial charge < -0.3 is 14.2 Å². The second-order valence-electron chi connectivity index (χ2n) is 5.10. The van der Waals surface area contributed by atoms with E-state index in [1.54, 1.807) is 0 Å². The molecule has 0 aromatic heterocycles. The first kappa shape index (κ1) is 24.0. The lowest BCUT2D eigenvalue weighted by Gasteiger charge is -2.07. The highest BCUT2D eigenvalue weighted by molar-refractivity contribution is 7.95. The zero-order chi connectivity index (χ0) is 20.9. The van der Waals surface area contributed by atoms with Gasteiger partial charge in [0.2, 0.25) is 4.91 Å². The van der Waals surface area contributed by atoms with E-state index < -0.39 is 38.4 Å². The van der Waals surface area contributed by atoms with Gasteiger partial charge in [0, 0.05) is 11.4 Å². The Morgan fingerprint density at radius 3 is 2.04 bits per heavy atom. The molecule has 0 aromatic carbocycles. The summed E-state index contributed by atoms with van der Waals surface area (Å²) >= 11 is 0. The molecule has 0 aromatic rings. The second-order valence-corrected chi connectivity index (χ2v) is 7.14. The van der Waals surface area contributed by atoms with Crippen LogP contribution in [0.1, 0.15) is 26.2 Å². The van der Waals surface area contributed by atoms with Crippen molar-refractivity contribution in [3.05, 3.63) is 17.1 Å². The summed E-state index contributed by atoms with van der Waals surface area (Å²) in [4.78, 5) is 33.1. The van der Waals surface area contributed by atoms with E-state index in [2.05, 4.69) is 6.58 Å². The standard InChI is InChI=1S/C16H20N2O8S/c1-12(2)16(21)26-8-7-25-15(20)5-4-14(19)24-6-3-9-27(22,23)13(10-17)11-18/h17H,1,3-9H2,2H3. The Kier molecular flexibility index (Phi) is 11.0. The molecule has 0 aliphatic rings. The van der Waals surface area contributed by atoms with Crippen LogP contribution in [-0.2, 0) is 38.4 Å². The summed E-state index contributed by atoms with van der Waals surface area (Å²) in [6, 6.07) is 1.35. The number of sulfone groups is 1. The molecule has 0 saturated heterocycles. The molecular formula is C16H20N2O8S. The smallest absolute Gasteiger partial charge is 0.333 e. The van der Waals surface area contributed by atoms with Crippen LogP contribution in [0.2, 0.25) is 0 Å². The van der Waals surface area contributed by atoms with E-state index in [1.165, 1.54) is 18.9 Å².